The Morgan fingerprint density at radius 1 is 1.13 bits per heavy atom. The minimum absolute atomic E-state index is 0.264. The van der Waals surface area contributed by atoms with E-state index in [0.29, 0.717) is 0 Å². The van der Waals surface area contributed by atoms with Crippen molar-refractivity contribution in [2.24, 2.45) is 0 Å². The fourth-order valence-electron chi connectivity index (χ4n) is 1.29. The van der Waals surface area contributed by atoms with Gasteiger partial charge in [0.1, 0.15) is 0 Å². The minimum atomic E-state index is 0.264. The van der Waals surface area contributed by atoms with E-state index < -0.39 is 0 Å². The summed E-state index contributed by atoms with van der Waals surface area (Å²) in [4.78, 5) is 7.96. The van der Waals surface area contributed by atoms with E-state index in [0.717, 1.165) is 16.8 Å². The van der Waals surface area contributed by atoms with E-state index in [1.807, 2.05) is 30.3 Å². The summed E-state index contributed by atoms with van der Waals surface area (Å²) >= 11 is 5.71. The maximum absolute atomic E-state index is 5.71. The summed E-state index contributed by atoms with van der Waals surface area (Å²) in [5.74, 6) is 0. The standard InChI is InChI=1S/C12H9ClN2/c1-2-9-3-5-10(6-4-9)11-7-8-14-12(13)15-11/h2-8H,1H2. The quantitative estimate of drug-likeness (QED) is 0.719. The molecule has 0 bridgehead atoms. The lowest BCUT2D eigenvalue weighted by atomic mass is 10.1. The fourth-order valence-corrected chi connectivity index (χ4v) is 1.43. The van der Waals surface area contributed by atoms with Gasteiger partial charge in [-0.15, -0.1) is 0 Å². The molecule has 15 heavy (non-hydrogen) atoms. The van der Waals surface area contributed by atoms with Gasteiger partial charge in [0.25, 0.3) is 0 Å². The number of aromatic nitrogens is 2. The zero-order chi connectivity index (χ0) is 10.7. The van der Waals surface area contributed by atoms with Crippen molar-refractivity contribution in [1.29, 1.82) is 0 Å². The van der Waals surface area contributed by atoms with Crippen LogP contribution >= 0.6 is 11.6 Å². The number of rotatable bonds is 2. The normalized spacial score (nSPS) is 9.93. The van der Waals surface area contributed by atoms with E-state index in [-0.39, 0.29) is 5.28 Å². The molecule has 1 heterocycles. The van der Waals surface area contributed by atoms with Gasteiger partial charge in [0.15, 0.2) is 0 Å². The van der Waals surface area contributed by atoms with Gasteiger partial charge in [-0.25, -0.2) is 9.97 Å². The summed E-state index contributed by atoms with van der Waals surface area (Å²) in [6.45, 7) is 3.70. The maximum Gasteiger partial charge on any atom is 0.222 e. The molecule has 0 amide bonds. The molecule has 74 valence electrons. The molecule has 1 aromatic heterocycles. The molecule has 0 aliphatic carbocycles. The Labute approximate surface area is 93.3 Å². The zero-order valence-electron chi connectivity index (χ0n) is 8.02. The summed E-state index contributed by atoms with van der Waals surface area (Å²) in [7, 11) is 0. The Morgan fingerprint density at radius 2 is 1.87 bits per heavy atom. The summed E-state index contributed by atoms with van der Waals surface area (Å²) in [5.41, 5.74) is 2.93. The predicted molar refractivity (Wildman–Crippen MR) is 62.6 cm³/mol. The van der Waals surface area contributed by atoms with Crippen LogP contribution in [0.15, 0.2) is 43.1 Å². The monoisotopic (exact) mass is 216 g/mol. The molecule has 0 saturated heterocycles. The van der Waals surface area contributed by atoms with Gasteiger partial charge < -0.3 is 0 Å². The lowest BCUT2D eigenvalue weighted by Gasteiger charge is -2.00. The molecule has 3 heteroatoms. The second-order valence-electron chi connectivity index (χ2n) is 3.04. The highest BCUT2D eigenvalue weighted by molar-refractivity contribution is 6.28. The van der Waals surface area contributed by atoms with Gasteiger partial charge in [-0.1, -0.05) is 36.9 Å². The van der Waals surface area contributed by atoms with Gasteiger partial charge in [-0.3, -0.25) is 0 Å². The van der Waals surface area contributed by atoms with E-state index in [1.165, 1.54) is 0 Å². The number of hydrogen-bond acceptors (Lipinski definition) is 2. The van der Waals surface area contributed by atoms with Crippen LogP contribution in [0.4, 0.5) is 0 Å². The summed E-state index contributed by atoms with van der Waals surface area (Å²) in [5, 5.41) is 0.264. The number of halogens is 1. The topological polar surface area (TPSA) is 25.8 Å². The molecule has 0 radical (unpaired) electrons. The van der Waals surface area contributed by atoms with E-state index in [9.17, 15) is 0 Å². The average Bonchev–Trinajstić information content (AvgIpc) is 2.29. The van der Waals surface area contributed by atoms with Crippen LogP contribution < -0.4 is 0 Å². The van der Waals surface area contributed by atoms with Crippen molar-refractivity contribution < 1.29 is 0 Å². The first-order valence-corrected chi connectivity index (χ1v) is 4.89. The van der Waals surface area contributed by atoms with Gasteiger partial charge in [-0.05, 0) is 23.2 Å². The zero-order valence-corrected chi connectivity index (χ0v) is 8.78. The largest absolute Gasteiger partial charge is 0.226 e. The average molecular weight is 217 g/mol. The van der Waals surface area contributed by atoms with Gasteiger partial charge in [0.05, 0.1) is 5.69 Å². The maximum atomic E-state index is 5.71. The molecule has 0 aliphatic rings. The molecule has 0 atom stereocenters. The van der Waals surface area contributed by atoms with Gasteiger partial charge >= 0.3 is 0 Å². The first kappa shape index (κ1) is 9.87. The molecule has 0 saturated carbocycles. The SMILES string of the molecule is C=Cc1ccc(-c2ccnc(Cl)n2)cc1. The highest BCUT2D eigenvalue weighted by Crippen LogP contribution is 2.18. The van der Waals surface area contributed by atoms with Crippen LogP contribution in [-0.2, 0) is 0 Å². The molecule has 0 spiro atoms. The Hall–Kier alpha value is -1.67. The summed E-state index contributed by atoms with van der Waals surface area (Å²) in [6, 6.07) is 9.76. The molecule has 1 aromatic carbocycles. The minimum Gasteiger partial charge on any atom is -0.226 e. The van der Waals surface area contributed by atoms with Crippen LogP contribution in [0.3, 0.4) is 0 Å². The molecular weight excluding hydrogens is 208 g/mol. The van der Waals surface area contributed by atoms with Crippen molar-refractivity contribution in [2.75, 3.05) is 0 Å². The van der Waals surface area contributed by atoms with Crippen LogP contribution in [-0.4, -0.2) is 9.97 Å². The third-order valence-electron chi connectivity index (χ3n) is 2.07. The highest BCUT2D eigenvalue weighted by atomic mass is 35.5. The first-order chi connectivity index (χ1) is 7.29. The molecule has 0 unspecified atom stereocenters. The third kappa shape index (κ3) is 2.22. The van der Waals surface area contributed by atoms with Crippen molar-refractivity contribution in [1.82, 2.24) is 9.97 Å². The van der Waals surface area contributed by atoms with Crippen LogP contribution in [0.2, 0.25) is 5.28 Å². The van der Waals surface area contributed by atoms with Crippen LogP contribution in [0.25, 0.3) is 17.3 Å². The van der Waals surface area contributed by atoms with Crippen molar-refractivity contribution in [3.05, 3.63) is 54.0 Å². The molecule has 2 aromatic rings. The Kier molecular flexibility index (Phi) is 2.79. The van der Waals surface area contributed by atoms with Crippen molar-refractivity contribution in [2.45, 2.75) is 0 Å². The number of nitrogens with zero attached hydrogens (tertiary/aromatic N) is 2. The van der Waals surface area contributed by atoms with E-state index >= 15 is 0 Å². The summed E-state index contributed by atoms with van der Waals surface area (Å²) < 4.78 is 0. The van der Waals surface area contributed by atoms with Gasteiger partial charge in [0, 0.05) is 11.8 Å². The number of hydrogen-bond donors (Lipinski definition) is 0. The molecule has 2 rings (SSSR count). The van der Waals surface area contributed by atoms with Gasteiger partial charge in [0.2, 0.25) is 5.28 Å². The fraction of sp³-hybridized carbons (Fsp3) is 0. The molecule has 0 aliphatic heterocycles. The summed E-state index contributed by atoms with van der Waals surface area (Å²) in [6.07, 6.45) is 3.45. The van der Waals surface area contributed by atoms with Crippen molar-refractivity contribution in [3.63, 3.8) is 0 Å². The second kappa shape index (κ2) is 4.24. The Bertz CT molecular complexity index is 477. The predicted octanol–water partition coefficient (Wildman–Crippen LogP) is 3.44. The van der Waals surface area contributed by atoms with E-state index in [4.69, 9.17) is 11.6 Å². The van der Waals surface area contributed by atoms with Crippen LogP contribution in [0.1, 0.15) is 5.56 Å². The van der Waals surface area contributed by atoms with E-state index in [2.05, 4.69) is 16.5 Å². The number of benzene rings is 1. The molecular formula is C12H9ClN2. The van der Waals surface area contributed by atoms with Gasteiger partial charge in [-0.2, -0.15) is 0 Å². The lowest BCUT2D eigenvalue weighted by Crippen LogP contribution is -1.86. The van der Waals surface area contributed by atoms with E-state index in [1.54, 1.807) is 12.3 Å². The first-order valence-electron chi connectivity index (χ1n) is 4.51. The van der Waals surface area contributed by atoms with Crippen molar-refractivity contribution >= 4 is 17.7 Å². The Balaban J connectivity index is 2.41. The molecule has 0 fully saturated rings. The smallest absolute Gasteiger partial charge is 0.222 e. The Morgan fingerprint density at radius 3 is 2.47 bits per heavy atom. The highest BCUT2D eigenvalue weighted by Gasteiger charge is 1.99. The third-order valence-corrected chi connectivity index (χ3v) is 2.25. The molecule has 0 N–H and O–H groups in total. The molecule has 2 nitrogen and oxygen atoms in total. The lowest BCUT2D eigenvalue weighted by molar-refractivity contribution is 1.17. The van der Waals surface area contributed by atoms with Crippen LogP contribution in [0.5, 0.6) is 0 Å². The second-order valence-corrected chi connectivity index (χ2v) is 3.38. The van der Waals surface area contributed by atoms with Crippen LogP contribution in [0, 0.1) is 0 Å². The van der Waals surface area contributed by atoms with Crippen molar-refractivity contribution in [3.8, 4) is 11.3 Å².